The van der Waals surface area contributed by atoms with Crippen LogP contribution in [0.5, 0.6) is 5.75 Å². The number of anilines is 1. The summed E-state index contributed by atoms with van der Waals surface area (Å²) >= 11 is 3.37. The molecule has 1 heterocycles. The maximum atomic E-state index is 11.3. The van der Waals surface area contributed by atoms with E-state index in [4.69, 9.17) is 4.74 Å². The van der Waals surface area contributed by atoms with Crippen LogP contribution in [0.3, 0.4) is 0 Å². The van der Waals surface area contributed by atoms with Crippen molar-refractivity contribution in [1.82, 2.24) is 0 Å². The lowest BCUT2D eigenvalue weighted by atomic mass is 10.2. The quantitative estimate of drug-likeness (QED) is 0.926. The van der Waals surface area contributed by atoms with Crippen molar-refractivity contribution in [2.45, 2.75) is 12.5 Å². The molecular weight excluding hydrogens is 306 g/mol. The average Bonchev–Trinajstić information content (AvgIpc) is 2.61. The van der Waals surface area contributed by atoms with E-state index in [1.54, 1.807) is 7.11 Å². The topological polar surface area (TPSA) is 55.4 Å². The highest BCUT2D eigenvalue weighted by atomic mass is 79.9. The third-order valence-electron chi connectivity index (χ3n) is 2.75. The summed E-state index contributed by atoms with van der Waals surface area (Å²) in [6, 6.07) is 5.64. The fourth-order valence-corrected chi connectivity index (χ4v) is 3.98. The standard InChI is InChI=1S/C11H14BrNO3S/c1-16-11-6-8(2-3-10(11)12)13-9-4-5-17(14,15)7-9/h2-3,6,9,13H,4-5,7H2,1H3. The summed E-state index contributed by atoms with van der Waals surface area (Å²) in [6.07, 6.45) is 0.667. The summed E-state index contributed by atoms with van der Waals surface area (Å²) in [5.41, 5.74) is 0.882. The second kappa shape index (κ2) is 4.86. The average molecular weight is 320 g/mol. The van der Waals surface area contributed by atoms with Gasteiger partial charge in [-0.15, -0.1) is 0 Å². The number of nitrogens with one attached hydrogen (secondary N) is 1. The third kappa shape index (κ3) is 3.13. The smallest absolute Gasteiger partial charge is 0.152 e. The van der Waals surface area contributed by atoms with Crippen LogP contribution in [0.15, 0.2) is 22.7 Å². The maximum absolute atomic E-state index is 11.3. The highest BCUT2D eigenvalue weighted by Gasteiger charge is 2.27. The first kappa shape index (κ1) is 12.7. The van der Waals surface area contributed by atoms with Gasteiger partial charge in [-0.3, -0.25) is 0 Å². The number of hydrogen-bond donors (Lipinski definition) is 1. The van der Waals surface area contributed by atoms with Crippen LogP contribution in [-0.4, -0.2) is 33.1 Å². The predicted octanol–water partition coefficient (Wildman–Crippen LogP) is 2.06. The molecule has 0 saturated carbocycles. The second-order valence-corrected chi connectivity index (χ2v) is 7.18. The Morgan fingerprint density at radius 1 is 1.47 bits per heavy atom. The maximum Gasteiger partial charge on any atom is 0.152 e. The molecule has 2 rings (SSSR count). The van der Waals surface area contributed by atoms with Crippen molar-refractivity contribution < 1.29 is 13.2 Å². The minimum Gasteiger partial charge on any atom is -0.495 e. The van der Waals surface area contributed by atoms with Crippen molar-refractivity contribution in [3.63, 3.8) is 0 Å². The molecule has 1 aliphatic rings. The SMILES string of the molecule is COc1cc(NC2CCS(=O)(=O)C2)ccc1Br. The molecule has 6 heteroatoms. The van der Waals surface area contributed by atoms with Crippen molar-refractivity contribution in [2.24, 2.45) is 0 Å². The van der Waals surface area contributed by atoms with Crippen LogP contribution >= 0.6 is 15.9 Å². The van der Waals surface area contributed by atoms with Crippen molar-refractivity contribution >= 4 is 31.5 Å². The van der Waals surface area contributed by atoms with Crippen LogP contribution in [0, 0.1) is 0 Å². The first-order valence-corrected chi connectivity index (χ1v) is 7.92. The van der Waals surface area contributed by atoms with E-state index in [1.165, 1.54) is 0 Å². The summed E-state index contributed by atoms with van der Waals surface area (Å²) in [7, 11) is -1.24. The van der Waals surface area contributed by atoms with Gasteiger partial charge in [0.15, 0.2) is 9.84 Å². The number of ether oxygens (including phenoxy) is 1. The zero-order valence-corrected chi connectivity index (χ0v) is 11.8. The molecule has 1 fully saturated rings. The van der Waals surface area contributed by atoms with Gasteiger partial charge in [0.1, 0.15) is 5.75 Å². The molecule has 1 aliphatic heterocycles. The highest BCUT2D eigenvalue weighted by Crippen LogP contribution is 2.29. The molecule has 1 N–H and O–H groups in total. The molecule has 0 amide bonds. The zero-order chi connectivity index (χ0) is 12.5. The molecule has 4 nitrogen and oxygen atoms in total. The number of rotatable bonds is 3. The second-order valence-electron chi connectivity index (χ2n) is 4.09. The fourth-order valence-electron chi connectivity index (χ4n) is 1.89. The van der Waals surface area contributed by atoms with E-state index in [0.29, 0.717) is 6.42 Å². The van der Waals surface area contributed by atoms with Crippen molar-refractivity contribution in [3.8, 4) is 5.75 Å². The van der Waals surface area contributed by atoms with Gasteiger partial charge < -0.3 is 10.1 Å². The molecule has 1 aromatic rings. The van der Waals surface area contributed by atoms with E-state index in [0.717, 1.165) is 15.9 Å². The van der Waals surface area contributed by atoms with Gasteiger partial charge in [-0.25, -0.2) is 8.42 Å². The Kier molecular flexibility index (Phi) is 3.63. The Balaban J connectivity index is 2.09. The molecule has 17 heavy (non-hydrogen) atoms. The van der Waals surface area contributed by atoms with Crippen LogP contribution in [0.2, 0.25) is 0 Å². The minimum absolute atomic E-state index is 0.00545. The molecule has 1 aromatic carbocycles. The Labute approximate surface area is 109 Å². The van der Waals surface area contributed by atoms with Gasteiger partial charge in [0.05, 0.1) is 23.1 Å². The van der Waals surface area contributed by atoms with E-state index in [9.17, 15) is 8.42 Å². The molecule has 0 radical (unpaired) electrons. The van der Waals surface area contributed by atoms with Gasteiger partial charge in [-0.1, -0.05) is 0 Å². The van der Waals surface area contributed by atoms with Gasteiger partial charge in [-0.05, 0) is 34.5 Å². The van der Waals surface area contributed by atoms with E-state index in [1.807, 2.05) is 18.2 Å². The lowest BCUT2D eigenvalue weighted by molar-refractivity contribution is 0.412. The summed E-state index contributed by atoms with van der Waals surface area (Å²) < 4.78 is 28.7. The summed E-state index contributed by atoms with van der Waals surface area (Å²) in [4.78, 5) is 0. The van der Waals surface area contributed by atoms with Crippen molar-refractivity contribution in [3.05, 3.63) is 22.7 Å². The summed E-state index contributed by atoms with van der Waals surface area (Å²) in [6.45, 7) is 0. The molecule has 1 atom stereocenters. The van der Waals surface area contributed by atoms with Crippen LogP contribution in [-0.2, 0) is 9.84 Å². The molecule has 0 spiro atoms. The van der Waals surface area contributed by atoms with Crippen molar-refractivity contribution in [1.29, 1.82) is 0 Å². The number of methoxy groups -OCH3 is 1. The predicted molar refractivity (Wildman–Crippen MR) is 71.4 cm³/mol. The summed E-state index contributed by atoms with van der Waals surface area (Å²) in [5, 5.41) is 3.22. The van der Waals surface area contributed by atoms with Crippen LogP contribution in [0.1, 0.15) is 6.42 Å². The monoisotopic (exact) mass is 319 g/mol. The lowest BCUT2D eigenvalue weighted by Crippen LogP contribution is -2.20. The van der Waals surface area contributed by atoms with Gasteiger partial charge in [-0.2, -0.15) is 0 Å². The lowest BCUT2D eigenvalue weighted by Gasteiger charge is -2.13. The van der Waals surface area contributed by atoms with E-state index in [-0.39, 0.29) is 17.5 Å². The van der Waals surface area contributed by atoms with E-state index < -0.39 is 9.84 Å². The number of hydrogen-bond acceptors (Lipinski definition) is 4. The zero-order valence-electron chi connectivity index (χ0n) is 9.44. The molecule has 1 unspecified atom stereocenters. The first-order chi connectivity index (χ1) is 8.00. The Morgan fingerprint density at radius 3 is 2.82 bits per heavy atom. The molecule has 0 bridgehead atoms. The third-order valence-corrected chi connectivity index (χ3v) is 5.18. The Hall–Kier alpha value is -0.750. The number of sulfone groups is 1. The number of benzene rings is 1. The van der Waals surface area contributed by atoms with Gasteiger partial charge in [0.2, 0.25) is 0 Å². The van der Waals surface area contributed by atoms with Gasteiger partial charge >= 0.3 is 0 Å². The van der Waals surface area contributed by atoms with Crippen LogP contribution in [0.25, 0.3) is 0 Å². The molecule has 0 aliphatic carbocycles. The molecule has 1 saturated heterocycles. The van der Waals surface area contributed by atoms with E-state index >= 15 is 0 Å². The van der Waals surface area contributed by atoms with Gasteiger partial charge in [0.25, 0.3) is 0 Å². The van der Waals surface area contributed by atoms with Crippen LogP contribution < -0.4 is 10.1 Å². The van der Waals surface area contributed by atoms with Gasteiger partial charge in [0, 0.05) is 17.8 Å². The minimum atomic E-state index is -2.84. The largest absolute Gasteiger partial charge is 0.495 e. The van der Waals surface area contributed by atoms with Crippen molar-refractivity contribution in [2.75, 3.05) is 23.9 Å². The molecule has 94 valence electrons. The van der Waals surface area contributed by atoms with Crippen LogP contribution in [0.4, 0.5) is 5.69 Å². The highest BCUT2D eigenvalue weighted by molar-refractivity contribution is 9.10. The van der Waals surface area contributed by atoms with E-state index in [2.05, 4.69) is 21.2 Å². The first-order valence-electron chi connectivity index (χ1n) is 5.31. The fraction of sp³-hybridized carbons (Fsp3) is 0.455. The Morgan fingerprint density at radius 2 is 2.24 bits per heavy atom. The molecular formula is C11H14BrNO3S. The Bertz CT molecular complexity index is 515. The normalized spacial score (nSPS) is 22.4. The number of halogens is 1. The molecule has 0 aromatic heterocycles. The summed E-state index contributed by atoms with van der Waals surface area (Å²) in [5.74, 6) is 1.22.